The van der Waals surface area contributed by atoms with Crippen LogP contribution in [0.2, 0.25) is 0 Å². The number of rotatable bonds is 1. The van der Waals surface area contributed by atoms with E-state index in [0.29, 0.717) is 16.9 Å². The number of pyridine rings is 1. The van der Waals surface area contributed by atoms with Gasteiger partial charge in [0.25, 0.3) is 0 Å². The molecule has 0 bridgehead atoms. The standard InChI is InChI=1S/C16H13N5O/c1-22-12-4-2-3-10-9(12)6-5-8-7-11-14(17)20-16(18)21-15(11)19-13(8)10/h2-7H,1H3,(H4,17,18,19,20,21). The summed E-state index contributed by atoms with van der Waals surface area (Å²) in [6.45, 7) is 0. The van der Waals surface area contributed by atoms with Crippen LogP contribution in [0.5, 0.6) is 5.75 Å². The fourth-order valence-corrected chi connectivity index (χ4v) is 2.73. The molecule has 4 aromatic rings. The summed E-state index contributed by atoms with van der Waals surface area (Å²) in [6, 6.07) is 11.8. The van der Waals surface area contributed by atoms with E-state index in [4.69, 9.17) is 16.2 Å². The molecule has 4 rings (SSSR count). The molecule has 2 aromatic heterocycles. The first-order valence-electron chi connectivity index (χ1n) is 6.76. The van der Waals surface area contributed by atoms with Gasteiger partial charge in [0.05, 0.1) is 18.0 Å². The van der Waals surface area contributed by atoms with Crippen molar-refractivity contribution >= 4 is 44.5 Å². The van der Waals surface area contributed by atoms with Crippen molar-refractivity contribution in [3.05, 3.63) is 36.4 Å². The Hall–Kier alpha value is -3.15. The minimum absolute atomic E-state index is 0.120. The van der Waals surface area contributed by atoms with Crippen LogP contribution < -0.4 is 16.2 Å². The average molecular weight is 291 g/mol. The molecule has 22 heavy (non-hydrogen) atoms. The largest absolute Gasteiger partial charge is 0.496 e. The number of aromatic nitrogens is 3. The Morgan fingerprint density at radius 2 is 1.77 bits per heavy atom. The highest BCUT2D eigenvalue weighted by Gasteiger charge is 2.10. The van der Waals surface area contributed by atoms with Crippen molar-refractivity contribution in [2.75, 3.05) is 18.6 Å². The molecule has 4 N–H and O–H groups in total. The van der Waals surface area contributed by atoms with Gasteiger partial charge in [-0.1, -0.05) is 18.2 Å². The van der Waals surface area contributed by atoms with E-state index in [1.54, 1.807) is 7.11 Å². The van der Waals surface area contributed by atoms with Gasteiger partial charge in [-0.2, -0.15) is 9.97 Å². The lowest BCUT2D eigenvalue weighted by atomic mass is 10.0. The van der Waals surface area contributed by atoms with Gasteiger partial charge in [-0.15, -0.1) is 0 Å². The zero-order valence-corrected chi connectivity index (χ0v) is 11.9. The molecule has 0 amide bonds. The van der Waals surface area contributed by atoms with Gasteiger partial charge in [-0.3, -0.25) is 0 Å². The third-order valence-electron chi connectivity index (χ3n) is 3.73. The summed E-state index contributed by atoms with van der Waals surface area (Å²) in [5.41, 5.74) is 12.9. The van der Waals surface area contributed by atoms with Gasteiger partial charge >= 0.3 is 0 Å². The molecule has 2 heterocycles. The van der Waals surface area contributed by atoms with Gasteiger partial charge in [0.1, 0.15) is 11.6 Å². The van der Waals surface area contributed by atoms with E-state index >= 15 is 0 Å². The number of nitrogen functional groups attached to an aromatic ring is 2. The molecule has 6 heteroatoms. The maximum Gasteiger partial charge on any atom is 0.224 e. The van der Waals surface area contributed by atoms with Crippen molar-refractivity contribution in [3.8, 4) is 5.75 Å². The highest BCUT2D eigenvalue weighted by molar-refractivity contribution is 6.10. The van der Waals surface area contributed by atoms with Crippen LogP contribution in [0.3, 0.4) is 0 Å². The van der Waals surface area contributed by atoms with Crippen LogP contribution in [0, 0.1) is 0 Å². The van der Waals surface area contributed by atoms with Crippen molar-refractivity contribution < 1.29 is 4.74 Å². The van der Waals surface area contributed by atoms with Crippen molar-refractivity contribution in [1.29, 1.82) is 0 Å². The number of hydrogen-bond donors (Lipinski definition) is 2. The number of ether oxygens (including phenoxy) is 1. The van der Waals surface area contributed by atoms with Crippen LogP contribution >= 0.6 is 0 Å². The molecular weight excluding hydrogens is 278 g/mol. The number of hydrogen-bond acceptors (Lipinski definition) is 6. The Balaban J connectivity index is 2.19. The average Bonchev–Trinajstić information content (AvgIpc) is 2.52. The molecule has 0 aliphatic heterocycles. The normalized spacial score (nSPS) is 11.3. The van der Waals surface area contributed by atoms with Crippen molar-refractivity contribution in [1.82, 2.24) is 15.0 Å². The van der Waals surface area contributed by atoms with Crippen LogP contribution in [0.4, 0.5) is 11.8 Å². The van der Waals surface area contributed by atoms with Crippen LogP contribution in [0.15, 0.2) is 36.4 Å². The Morgan fingerprint density at radius 3 is 2.59 bits per heavy atom. The van der Waals surface area contributed by atoms with Crippen LogP contribution in [-0.2, 0) is 0 Å². The summed E-state index contributed by atoms with van der Waals surface area (Å²) in [4.78, 5) is 12.8. The van der Waals surface area contributed by atoms with E-state index in [2.05, 4.69) is 15.0 Å². The second kappa shape index (κ2) is 4.42. The highest BCUT2D eigenvalue weighted by Crippen LogP contribution is 2.32. The Bertz CT molecular complexity index is 1040. The van der Waals surface area contributed by atoms with Crippen molar-refractivity contribution in [2.24, 2.45) is 0 Å². The predicted octanol–water partition coefficient (Wildman–Crippen LogP) is 2.50. The number of methoxy groups -OCH3 is 1. The maximum atomic E-state index is 5.92. The Labute approximate surface area is 125 Å². The number of nitrogens with zero attached hydrogens (tertiary/aromatic N) is 3. The summed E-state index contributed by atoms with van der Waals surface area (Å²) >= 11 is 0. The lowest BCUT2D eigenvalue weighted by Crippen LogP contribution is -2.01. The molecule has 2 aromatic carbocycles. The monoisotopic (exact) mass is 291 g/mol. The molecule has 0 aliphatic rings. The summed E-state index contributed by atoms with van der Waals surface area (Å²) in [6.07, 6.45) is 0. The lowest BCUT2D eigenvalue weighted by Gasteiger charge is -2.09. The van der Waals surface area contributed by atoms with E-state index < -0.39 is 0 Å². The fourth-order valence-electron chi connectivity index (χ4n) is 2.73. The van der Waals surface area contributed by atoms with E-state index in [9.17, 15) is 0 Å². The van der Waals surface area contributed by atoms with Gasteiger partial charge < -0.3 is 16.2 Å². The molecule has 0 unspecified atom stereocenters. The molecule has 0 saturated carbocycles. The van der Waals surface area contributed by atoms with E-state index in [1.807, 2.05) is 36.4 Å². The summed E-state index contributed by atoms with van der Waals surface area (Å²) in [5.74, 6) is 1.26. The van der Waals surface area contributed by atoms with Crippen LogP contribution in [0.1, 0.15) is 0 Å². The quantitative estimate of drug-likeness (QED) is 0.413. The SMILES string of the molecule is COc1cccc2c1ccc1cc3c(N)nc(N)nc3nc12. The predicted molar refractivity (Wildman–Crippen MR) is 87.7 cm³/mol. The number of fused-ring (bicyclic) bond motifs is 4. The second-order valence-electron chi connectivity index (χ2n) is 5.02. The molecule has 0 fully saturated rings. The van der Waals surface area contributed by atoms with Crippen molar-refractivity contribution in [3.63, 3.8) is 0 Å². The second-order valence-corrected chi connectivity index (χ2v) is 5.02. The van der Waals surface area contributed by atoms with Crippen molar-refractivity contribution in [2.45, 2.75) is 0 Å². The minimum Gasteiger partial charge on any atom is -0.496 e. The summed E-state index contributed by atoms with van der Waals surface area (Å²) in [7, 11) is 1.65. The molecule has 0 aliphatic carbocycles. The third kappa shape index (κ3) is 1.70. The Kier molecular flexibility index (Phi) is 2.53. The molecule has 0 saturated heterocycles. The van der Waals surface area contributed by atoms with Crippen LogP contribution in [0.25, 0.3) is 32.7 Å². The topological polar surface area (TPSA) is 99.9 Å². The number of anilines is 2. The van der Waals surface area contributed by atoms with E-state index in [1.165, 1.54) is 0 Å². The smallest absolute Gasteiger partial charge is 0.224 e. The third-order valence-corrected chi connectivity index (χ3v) is 3.73. The van der Waals surface area contributed by atoms with Gasteiger partial charge in [0.15, 0.2) is 5.65 Å². The molecule has 6 nitrogen and oxygen atoms in total. The van der Waals surface area contributed by atoms with Gasteiger partial charge in [-0.05, 0) is 18.2 Å². The van der Waals surface area contributed by atoms with E-state index in [0.717, 1.165) is 27.4 Å². The number of nitrogens with two attached hydrogens (primary N) is 2. The first kappa shape index (κ1) is 12.6. The molecule has 0 atom stereocenters. The molecule has 108 valence electrons. The lowest BCUT2D eigenvalue weighted by molar-refractivity contribution is 0.420. The molecule has 0 spiro atoms. The zero-order chi connectivity index (χ0) is 15.3. The van der Waals surface area contributed by atoms with E-state index in [-0.39, 0.29) is 5.95 Å². The van der Waals surface area contributed by atoms with Gasteiger partial charge in [0, 0.05) is 16.2 Å². The summed E-state index contributed by atoms with van der Waals surface area (Å²) in [5, 5.41) is 3.66. The first-order chi connectivity index (χ1) is 10.7. The first-order valence-corrected chi connectivity index (χ1v) is 6.76. The summed E-state index contributed by atoms with van der Waals surface area (Å²) < 4.78 is 5.41. The van der Waals surface area contributed by atoms with Gasteiger partial charge in [0.2, 0.25) is 5.95 Å². The zero-order valence-electron chi connectivity index (χ0n) is 11.9. The minimum atomic E-state index is 0.120. The Morgan fingerprint density at radius 1 is 0.909 bits per heavy atom. The van der Waals surface area contributed by atoms with Gasteiger partial charge in [-0.25, -0.2) is 4.98 Å². The fraction of sp³-hybridized carbons (Fsp3) is 0.0625. The number of benzene rings is 2. The maximum absolute atomic E-state index is 5.92. The molecule has 0 radical (unpaired) electrons. The molecular formula is C16H13N5O. The van der Waals surface area contributed by atoms with Crippen LogP contribution in [-0.4, -0.2) is 22.1 Å². The highest BCUT2D eigenvalue weighted by atomic mass is 16.5.